The van der Waals surface area contributed by atoms with Gasteiger partial charge in [0.15, 0.2) is 5.88 Å². The molecule has 0 bridgehead atoms. The molecule has 0 saturated carbocycles. The Hall–Kier alpha value is -2.88. The van der Waals surface area contributed by atoms with Crippen LogP contribution in [0.2, 0.25) is 0 Å². The highest BCUT2D eigenvalue weighted by Crippen LogP contribution is 2.28. The molecule has 0 atom stereocenters. The standard InChI is InChI=1S/C21H22N2O2/c1-22(18-15-24-20-11-6-4-9-17(18)20)12-7-13-23(2)21-14-16-8-3-5-10-19(16)25-21/h3-6,8-11,14-15H,7,12-13H2,1-2H3. The lowest BCUT2D eigenvalue weighted by atomic mass is 10.2. The Labute approximate surface area is 147 Å². The highest BCUT2D eigenvalue weighted by atomic mass is 16.4. The zero-order valence-corrected chi connectivity index (χ0v) is 14.6. The number of rotatable bonds is 6. The molecular formula is C21H22N2O2. The van der Waals surface area contributed by atoms with Gasteiger partial charge in [-0.3, -0.25) is 0 Å². The van der Waals surface area contributed by atoms with Crippen molar-refractivity contribution in [2.75, 3.05) is 37.0 Å². The zero-order valence-electron chi connectivity index (χ0n) is 14.6. The van der Waals surface area contributed by atoms with Crippen molar-refractivity contribution in [2.24, 2.45) is 0 Å². The van der Waals surface area contributed by atoms with Crippen LogP contribution in [0.1, 0.15) is 6.42 Å². The molecule has 0 unspecified atom stereocenters. The maximum absolute atomic E-state index is 5.91. The largest absolute Gasteiger partial charge is 0.462 e. The van der Waals surface area contributed by atoms with Crippen molar-refractivity contribution < 1.29 is 8.83 Å². The molecule has 0 fully saturated rings. The Morgan fingerprint density at radius 1 is 0.840 bits per heavy atom. The second-order valence-electron chi connectivity index (χ2n) is 6.44. The van der Waals surface area contributed by atoms with Gasteiger partial charge in [0.2, 0.25) is 0 Å². The summed E-state index contributed by atoms with van der Waals surface area (Å²) >= 11 is 0. The molecule has 0 radical (unpaired) electrons. The maximum atomic E-state index is 5.91. The number of hydrogen-bond acceptors (Lipinski definition) is 4. The van der Waals surface area contributed by atoms with E-state index in [0.29, 0.717) is 0 Å². The number of hydrogen-bond donors (Lipinski definition) is 0. The average Bonchev–Trinajstić information content (AvgIpc) is 3.25. The Bertz CT molecular complexity index is 953. The average molecular weight is 334 g/mol. The van der Waals surface area contributed by atoms with E-state index in [2.05, 4.69) is 42.1 Å². The molecule has 4 aromatic rings. The van der Waals surface area contributed by atoms with E-state index >= 15 is 0 Å². The van der Waals surface area contributed by atoms with E-state index in [1.165, 1.54) is 0 Å². The number of fused-ring (bicyclic) bond motifs is 2. The van der Waals surface area contributed by atoms with Crippen LogP contribution in [0.3, 0.4) is 0 Å². The van der Waals surface area contributed by atoms with Gasteiger partial charge in [0.1, 0.15) is 17.4 Å². The van der Waals surface area contributed by atoms with Crippen molar-refractivity contribution in [1.82, 2.24) is 0 Å². The number of nitrogens with zero attached hydrogens (tertiary/aromatic N) is 2. The first-order chi connectivity index (χ1) is 12.2. The van der Waals surface area contributed by atoms with Gasteiger partial charge in [0, 0.05) is 44.0 Å². The summed E-state index contributed by atoms with van der Waals surface area (Å²) in [6.07, 6.45) is 2.87. The van der Waals surface area contributed by atoms with Gasteiger partial charge in [0.05, 0.1) is 5.69 Å². The van der Waals surface area contributed by atoms with Crippen LogP contribution in [0.4, 0.5) is 11.6 Å². The first-order valence-electron chi connectivity index (χ1n) is 8.59. The monoisotopic (exact) mass is 334 g/mol. The smallest absolute Gasteiger partial charge is 0.196 e. The Morgan fingerprint density at radius 2 is 1.56 bits per heavy atom. The fourth-order valence-electron chi connectivity index (χ4n) is 3.19. The number of para-hydroxylation sites is 2. The third-order valence-electron chi connectivity index (χ3n) is 4.65. The van der Waals surface area contributed by atoms with Crippen molar-refractivity contribution in [2.45, 2.75) is 6.42 Å². The summed E-state index contributed by atoms with van der Waals surface area (Å²) in [6, 6.07) is 18.4. The molecule has 2 heterocycles. The fraction of sp³-hybridized carbons (Fsp3) is 0.238. The molecule has 4 heteroatoms. The summed E-state index contributed by atoms with van der Waals surface area (Å²) in [5.41, 5.74) is 3.01. The maximum Gasteiger partial charge on any atom is 0.196 e. The molecule has 0 N–H and O–H groups in total. The lowest BCUT2D eigenvalue weighted by Gasteiger charge is -2.20. The molecule has 0 amide bonds. The van der Waals surface area contributed by atoms with Gasteiger partial charge in [-0.05, 0) is 24.6 Å². The minimum absolute atomic E-state index is 0.914. The molecule has 4 nitrogen and oxygen atoms in total. The van der Waals surface area contributed by atoms with Gasteiger partial charge in [0.25, 0.3) is 0 Å². The molecule has 2 aromatic carbocycles. The second kappa shape index (κ2) is 6.55. The third-order valence-corrected chi connectivity index (χ3v) is 4.65. The predicted molar refractivity (Wildman–Crippen MR) is 104 cm³/mol. The van der Waals surface area contributed by atoms with Crippen molar-refractivity contribution in [1.29, 1.82) is 0 Å². The Morgan fingerprint density at radius 3 is 2.40 bits per heavy atom. The summed E-state index contributed by atoms with van der Waals surface area (Å²) in [6.45, 7) is 1.88. The quantitative estimate of drug-likeness (QED) is 0.489. The van der Waals surface area contributed by atoms with Gasteiger partial charge in [-0.2, -0.15) is 0 Å². The summed E-state index contributed by atoms with van der Waals surface area (Å²) in [7, 11) is 4.18. The minimum atomic E-state index is 0.914. The van der Waals surface area contributed by atoms with Crippen molar-refractivity contribution in [3.05, 3.63) is 60.9 Å². The Balaban J connectivity index is 1.38. The van der Waals surface area contributed by atoms with E-state index in [4.69, 9.17) is 8.83 Å². The summed E-state index contributed by atoms with van der Waals surface area (Å²) < 4.78 is 11.5. The second-order valence-corrected chi connectivity index (χ2v) is 6.44. The molecule has 0 spiro atoms. The SMILES string of the molecule is CN(CCCN(C)c1coc2ccccc12)c1cc2ccccc2o1. The van der Waals surface area contributed by atoms with E-state index in [9.17, 15) is 0 Å². The van der Waals surface area contributed by atoms with Crippen molar-refractivity contribution in [3.63, 3.8) is 0 Å². The van der Waals surface area contributed by atoms with Crippen molar-refractivity contribution >= 4 is 33.5 Å². The number of anilines is 2. The van der Waals surface area contributed by atoms with Crippen LogP contribution >= 0.6 is 0 Å². The molecule has 4 rings (SSSR count). The number of furan rings is 2. The lowest BCUT2D eigenvalue weighted by molar-refractivity contribution is 0.590. The van der Waals surface area contributed by atoms with Gasteiger partial charge < -0.3 is 18.6 Å². The van der Waals surface area contributed by atoms with Gasteiger partial charge in [-0.25, -0.2) is 0 Å². The molecule has 25 heavy (non-hydrogen) atoms. The Kier molecular flexibility index (Phi) is 4.10. The zero-order chi connectivity index (χ0) is 17.2. The van der Waals surface area contributed by atoms with Crippen LogP contribution in [0.25, 0.3) is 21.9 Å². The molecule has 2 aromatic heterocycles. The van der Waals surface area contributed by atoms with E-state index < -0.39 is 0 Å². The first kappa shape index (κ1) is 15.6. The van der Waals surface area contributed by atoms with E-state index in [0.717, 1.165) is 53.0 Å². The molecular weight excluding hydrogens is 312 g/mol. The summed E-state index contributed by atoms with van der Waals surface area (Å²) in [5, 5.41) is 2.31. The normalized spacial score (nSPS) is 11.3. The highest BCUT2D eigenvalue weighted by Gasteiger charge is 2.11. The van der Waals surface area contributed by atoms with E-state index in [-0.39, 0.29) is 0 Å². The fourth-order valence-corrected chi connectivity index (χ4v) is 3.19. The van der Waals surface area contributed by atoms with E-state index in [1.807, 2.05) is 42.7 Å². The van der Waals surface area contributed by atoms with Crippen LogP contribution in [-0.4, -0.2) is 27.2 Å². The molecule has 128 valence electrons. The number of benzene rings is 2. The highest BCUT2D eigenvalue weighted by molar-refractivity contribution is 5.90. The summed E-state index contributed by atoms with van der Waals surface area (Å²) in [4.78, 5) is 4.42. The van der Waals surface area contributed by atoms with Crippen molar-refractivity contribution in [3.8, 4) is 0 Å². The van der Waals surface area contributed by atoms with Gasteiger partial charge >= 0.3 is 0 Å². The van der Waals surface area contributed by atoms with Crippen LogP contribution in [-0.2, 0) is 0 Å². The molecule has 0 aliphatic heterocycles. The van der Waals surface area contributed by atoms with E-state index in [1.54, 1.807) is 0 Å². The summed E-state index contributed by atoms with van der Waals surface area (Å²) in [5.74, 6) is 0.914. The molecule has 0 aliphatic rings. The van der Waals surface area contributed by atoms with Crippen LogP contribution in [0.15, 0.2) is 69.7 Å². The van der Waals surface area contributed by atoms with Crippen LogP contribution in [0.5, 0.6) is 0 Å². The van der Waals surface area contributed by atoms with Crippen LogP contribution in [0, 0.1) is 0 Å². The minimum Gasteiger partial charge on any atom is -0.462 e. The topological polar surface area (TPSA) is 32.8 Å². The predicted octanol–water partition coefficient (Wildman–Crippen LogP) is 5.14. The van der Waals surface area contributed by atoms with Crippen LogP contribution < -0.4 is 9.80 Å². The van der Waals surface area contributed by atoms with Gasteiger partial charge in [-0.1, -0.05) is 30.3 Å². The first-order valence-corrected chi connectivity index (χ1v) is 8.59. The lowest BCUT2D eigenvalue weighted by Crippen LogP contribution is -2.24. The molecule has 0 saturated heterocycles. The third kappa shape index (κ3) is 3.07. The molecule has 0 aliphatic carbocycles. The van der Waals surface area contributed by atoms with Gasteiger partial charge in [-0.15, -0.1) is 0 Å².